The molecule has 0 spiro atoms. The minimum absolute atomic E-state index is 0. The molecule has 1 aromatic heterocycles. The van der Waals surface area contributed by atoms with Crippen molar-refractivity contribution in [3.63, 3.8) is 0 Å². The molecule has 2 aromatic rings. The second-order valence-electron chi connectivity index (χ2n) is 6.42. The lowest BCUT2D eigenvalue weighted by molar-refractivity contribution is -0.919. The normalized spacial score (nSPS) is 15.9. The second kappa shape index (κ2) is 9.44. The number of rotatable bonds is 6. The summed E-state index contributed by atoms with van der Waals surface area (Å²) in [5.74, 6) is 0.889. The molecule has 134 valence electrons. The van der Waals surface area contributed by atoms with Gasteiger partial charge in [0.1, 0.15) is 0 Å². The van der Waals surface area contributed by atoms with Crippen molar-refractivity contribution < 1.29 is 26.5 Å². The van der Waals surface area contributed by atoms with E-state index in [0.717, 1.165) is 24.4 Å². The topological polar surface area (TPSA) is 46.7 Å². The van der Waals surface area contributed by atoms with E-state index >= 15 is 0 Å². The molecule has 1 fully saturated rings. The van der Waals surface area contributed by atoms with E-state index in [-0.39, 0.29) is 24.4 Å². The molecule has 5 heteroatoms. The summed E-state index contributed by atoms with van der Waals surface area (Å²) in [6, 6.07) is 12.2. The molecular formula is C20H25ClN2O2. The Labute approximate surface area is 155 Å². The third-order valence-electron chi connectivity index (χ3n) is 4.61. The van der Waals surface area contributed by atoms with Crippen molar-refractivity contribution in [3.05, 3.63) is 65.6 Å². The summed E-state index contributed by atoms with van der Waals surface area (Å²) in [5, 5.41) is 3.02. The van der Waals surface area contributed by atoms with Gasteiger partial charge in [0.25, 0.3) is 0 Å². The largest absolute Gasteiger partial charge is 1.00 e. The Hall–Kier alpha value is -2.04. The molecule has 1 unspecified atom stereocenters. The van der Waals surface area contributed by atoms with Crippen LogP contribution >= 0.6 is 0 Å². The van der Waals surface area contributed by atoms with Crippen molar-refractivity contribution in [3.8, 4) is 0 Å². The lowest BCUT2D eigenvalue weighted by Crippen LogP contribution is -3.11. The van der Waals surface area contributed by atoms with Gasteiger partial charge in [-0.15, -0.1) is 0 Å². The van der Waals surface area contributed by atoms with Crippen LogP contribution < -0.4 is 22.6 Å². The standard InChI is InChI=1S/C20H24N2O2.ClH/c1-16-6-8-17(9-7-16)10-11-20(23)21-15-18(19-5-4-14-24-19)22-12-2-3-13-22;/h4-11,14,18H,2-3,12-13,15H2,1H3,(H,21,23);1H/b11-10+;. The third kappa shape index (κ3) is 5.48. The molecule has 25 heavy (non-hydrogen) atoms. The molecule has 1 aliphatic rings. The smallest absolute Gasteiger partial charge is 0.244 e. The SMILES string of the molecule is Cc1ccc(/C=C/C(=O)NCC(c2ccco2)[NH+]2CCCC2)cc1.[Cl-]. The Morgan fingerprint density at radius 2 is 1.96 bits per heavy atom. The summed E-state index contributed by atoms with van der Waals surface area (Å²) in [7, 11) is 0. The Morgan fingerprint density at radius 3 is 2.60 bits per heavy atom. The second-order valence-corrected chi connectivity index (χ2v) is 6.42. The van der Waals surface area contributed by atoms with Crippen LogP contribution in [0.15, 0.2) is 53.2 Å². The van der Waals surface area contributed by atoms with Crippen LogP contribution in [0, 0.1) is 6.92 Å². The quantitative estimate of drug-likeness (QED) is 0.659. The molecule has 0 saturated carbocycles. The van der Waals surface area contributed by atoms with E-state index in [9.17, 15) is 4.79 Å². The summed E-state index contributed by atoms with van der Waals surface area (Å²) in [5.41, 5.74) is 2.25. The fraction of sp³-hybridized carbons (Fsp3) is 0.350. The van der Waals surface area contributed by atoms with Gasteiger partial charge in [0.05, 0.1) is 25.9 Å². The molecule has 0 aliphatic carbocycles. The number of likely N-dealkylation sites (tertiary alicyclic amines) is 1. The Bertz CT molecular complexity index is 674. The van der Waals surface area contributed by atoms with Gasteiger partial charge in [0, 0.05) is 18.9 Å². The lowest BCUT2D eigenvalue weighted by Gasteiger charge is -2.22. The van der Waals surface area contributed by atoms with Gasteiger partial charge in [0.2, 0.25) is 5.91 Å². The van der Waals surface area contributed by atoms with Crippen LogP contribution in [0.25, 0.3) is 6.08 Å². The number of aryl methyl sites for hydroxylation is 1. The van der Waals surface area contributed by atoms with Gasteiger partial charge in [0.15, 0.2) is 11.8 Å². The molecule has 4 nitrogen and oxygen atoms in total. The van der Waals surface area contributed by atoms with Crippen molar-refractivity contribution >= 4 is 12.0 Å². The fourth-order valence-corrected chi connectivity index (χ4v) is 3.22. The zero-order chi connectivity index (χ0) is 16.8. The molecule has 2 N–H and O–H groups in total. The van der Waals surface area contributed by atoms with Crippen LogP contribution in [0.3, 0.4) is 0 Å². The van der Waals surface area contributed by atoms with Crippen LogP contribution in [0.4, 0.5) is 0 Å². The predicted molar refractivity (Wildman–Crippen MR) is 94.6 cm³/mol. The molecule has 1 amide bonds. The zero-order valence-electron chi connectivity index (χ0n) is 14.5. The average molecular weight is 361 g/mol. The van der Waals surface area contributed by atoms with Crippen LogP contribution in [0.5, 0.6) is 0 Å². The zero-order valence-corrected chi connectivity index (χ0v) is 15.3. The highest BCUT2D eigenvalue weighted by Crippen LogP contribution is 2.11. The van der Waals surface area contributed by atoms with Crippen molar-refractivity contribution in [1.29, 1.82) is 0 Å². The molecule has 1 aromatic carbocycles. The van der Waals surface area contributed by atoms with Crippen LogP contribution in [-0.2, 0) is 4.79 Å². The number of quaternary nitrogens is 1. The maximum absolute atomic E-state index is 12.1. The van der Waals surface area contributed by atoms with Crippen molar-refractivity contribution in [2.45, 2.75) is 25.8 Å². The van der Waals surface area contributed by atoms with E-state index in [1.54, 1.807) is 12.3 Å². The predicted octanol–water partition coefficient (Wildman–Crippen LogP) is -0.859. The van der Waals surface area contributed by atoms with Gasteiger partial charge in [-0.1, -0.05) is 29.8 Å². The highest BCUT2D eigenvalue weighted by Gasteiger charge is 2.29. The summed E-state index contributed by atoms with van der Waals surface area (Å²) in [6.45, 7) is 4.93. The first-order chi connectivity index (χ1) is 11.7. The molecular weight excluding hydrogens is 336 g/mol. The number of hydrogen-bond donors (Lipinski definition) is 2. The Kier molecular flexibility index (Phi) is 7.29. The van der Waals surface area contributed by atoms with E-state index in [1.807, 2.05) is 42.5 Å². The number of amides is 1. The first-order valence-corrected chi connectivity index (χ1v) is 8.63. The number of benzene rings is 1. The number of halogens is 1. The maximum atomic E-state index is 12.1. The minimum Gasteiger partial charge on any atom is -1.00 e. The first kappa shape index (κ1) is 19.3. The molecule has 2 heterocycles. The molecule has 3 rings (SSSR count). The van der Waals surface area contributed by atoms with E-state index in [2.05, 4.69) is 12.2 Å². The van der Waals surface area contributed by atoms with E-state index in [1.165, 1.54) is 23.3 Å². The third-order valence-corrected chi connectivity index (χ3v) is 4.61. The van der Waals surface area contributed by atoms with Crippen molar-refractivity contribution in [2.24, 2.45) is 0 Å². The summed E-state index contributed by atoms with van der Waals surface area (Å²) in [6.07, 6.45) is 7.64. The van der Waals surface area contributed by atoms with Crippen LogP contribution in [-0.4, -0.2) is 25.5 Å². The van der Waals surface area contributed by atoms with Gasteiger partial charge >= 0.3 is 0 Å². The van der Waals surface area contributed by atoms with Gasteiger partial charge in [-0.25, -0.2) is 0 Å². The fourth-order valence-electron chi connectivity index (χ4n) is 3.22. The van der Waals surface area contributed by atoms with Gasteiger partial charge < -0.3 is 27.0 Å². The molecule has 1 aliphatic heterocycles. The van der Waals surface area contributed by atoms with E-state index in [4.69, 9.17) is 4.42 Å². The van der Waals surface area contributed by atoms with Gasteiger partial charge in [-0.2, -0.15) is 0 Å². The maximum Gasteiger partial charge on any atom is 0.244 e. The molecule has 1 saturated heterocycles. The average Bonchev–Trinajstić information content (AvgIpc) is 3.29. The monoisotopic (exact) mass is 360 g/mol. The van der Waals surface area contributed by atoms with Crippen LogP contribution in [0.2, 0.25) is 0 Å². The number of furan rings is 1. The molecule has 0 radical (unpaired) electrons. The Morgan fingerprint density at radius 1 is 1.24 bits per heavy atom. The van der Waals surface area contributed by atoms with E-state index in [0.29, 0.717) is 6.54 Å². The Balaban J connectivity index is 0.00000225. The van der Waals surface area contributed by atoms with Gasteiger partial charge in [-0.05, 0) is 30.7 Å². The van der Waals surface area contributed by atoms with Crippen molar-refractivity contribution in [1.82, 2.24) is 5.32 Å². The lowest BCUT2D eigenvalue weighted by atomic mass is 10.1. The van der Waals surface area contributed by atoms with Crippen LogP contribution in [0.1, 0.15) is 35.8 Å². The number of nitrogens with one attached hydrogen (secondary N) is 2. The highest BCUT2D eigenvalue weighted by atomic mass is 35.5. The first-order valence-electron chi connectivity index (χ1n) is 8.63. The molecule has 1 atom stereocenters. The van der Waals surface area contributed by atoms with Gasteiger partial charge in [-0.3, -0.25) is 4.79 Å². The summed E-state index contributed by atoms with van der Waals surface area (Å²) >= 11 is 0. The number of carbonyl (C=O) groups excluding carboxylic acids is 1. The summed E-state index contributed by atoms with van der Waals surface area (Å²) < 4.78 is 5.59. The van der Waals surface area contributed by atoms with Crippen molar-refractivity contribution in [2.75, 3.05) is 19.6 Å². The summed E-state index contributed by atoms with van der Waals surface area (Å²) in [4.78, 5) is 13.6. The molecule has 0 bridgehead atoms. The highest BCUT2D eigenvalue weighted by molar-refractivity contribution is 5.91. The van der Waals surface area contributed by atoms with E-state index < -0.39 is 0 Å². The number of hydrogen-bond acceptors (Lipinski definition) is 2. The number of carbonyl (C=O) groups is 1. The minimum atomic E-state index is -0.0641.